The number of anilines is 1. The number of fused-ring (bicyclic) bond motifs is 1. The summed E-state index contributed by atoms with van der Waals surface area (Å²) in [5, 5.41) is 9.31. The molecule has 3 N–H and O–H groups in total. The van der Waals surface area contributed by atoms with E-state index < -0.39 is 6.10 Å². The molecular weight excluding hydrogens is 242 g/mol. The van der Waals surface area contributed by atoms with Crippen LogP contribution in [0.4, 0.5) is 5.69 Å². The highest BCUT2D eigenvalue weighted by atomic mass is 16.5. The molecule has 1 aromatic rings. The quantitative estimate of drug-likeness (QED) is 0.749. The van der Waals surface area contributed by atoms with Crippen molar-refractivity contribution in [3.8, 4) is 5.75 Å². The van der Waals surface area contributed by atoms with Crippen molar-refractivity contribution in [2.24, 2.45) is 0 Å². The Morgan fingerprint density at radius 1 is 1.42 bits per heavy atom. The summed E-state index contributed by atoms with van der Waals surface area (Å²) in [4.78, 5) is 11.6. The van der Waals surface area contributed by atoms with Crippen LogP contribution in [0.15, 0.2) is 18.2 Å². The van der Waals surface area contributed by atoms with Crippen LogP contribution in [0.25, 0.3) is 0 Å². The van der Waals surface area contributed by atoms with Crippen LogP contribution in [-0.4, -0.2) is 32.7 Å². The summed E-state index contributed by atoms with van der Waals surface area (Å²) in [6.07, 6.45) is 0.555. The van der Waals surface area contributed by atoms with E-state index in [1.807, 2.05) is 32.3 Å². The Kier molecular flexibility index (Phi) is 4.39. The van der Waals surface area contributed by atoms with Crippen LogP contribution >= 0.6 is 0 Å². The highest BCUT2D eigenvalue weighted by Gasteiger charge is 2.24. The van der Waals surface area contributed by atoms with Crippen molar-refractivity contribution < 1.29 is 9.53 Å². The van der Waals surface area contributed by atoms with Crippen LogP contribution < -0.4 is 20.7 Å². The summed E-state index contributed by atoms with van der Waals surface area (Å²) < 4.78 is 5.55. The topological polar surface area (TPSA) is 62.4 Å². The zero-order chi connectivity index (χ0) is 13.8. The molecule has 5 nitrogen and oxygen atoms in total. The Hall–Kier alpha value is -1.59. The van der Waals surface area contributed by atoms with E-state index in [-0.39, 0.29) is 11.9 Å². The maximum Gasteiger partial charge on any atom is 0.265 e. The summed E-state index contributed by atoms with van der Waals surface area (Å²) >= 11 is 0. The van der Waals surface area contributed by atoms with Crippen LogP contribution in [0.3, 0.4) is 0 Å². The Morgan fingerprint density at radius 3 is 2.89 bits per heavy atom. The summed E-state index contributed by atoms with van der Waals surface area (Å²) in [6.45, 7) is 2.68. The first-order valence-electron chi connectivity index (χ1n) is 6.59. The molecule has 0 saturated heterocycles. The molecule has 2 atom stereocenters. The fraction of sp³-hybridized carbons (Fsp3) is 0.500. The fourth-order valence-electron chi connectivity index (χ4n) is 2.21. The van der Waals surface area contributed by atoms with Crippen molar-refractivity contribution in [3.63, 3.8) is 0 Å². The lowest BCUT2D eigenvalue weighted by Crippen LogP contribution is -2.34. The number of carbonyl (C=O) groups excluding carboxylic acids is 1. The second-order valence-electron chi connectivity index (χ2n) is 4.74. The Morgan fingerprint density at radius 2 is 2.21 bits per heavy atom. The minimum atomic E-state index is -0.428. The van der Waals surface area contributed by atoms with Crippen molar-refractivity contribution in [1.82, 2.24) is 10.6 Å². The van der Waals surface area contributed by atoms with Crippen LogP contribution in [0, 0.1) is 0 Å². The first-order valence-corrected chi connectivity index (χ1v) is 6.59. The van der Waals surface area contributed by atoms with Crippen molar-refractivity contribution in [2.75, 3.05) is 26.0 Å². The fourth-order valence-corrected chi connectivity index (χ4v) is 2.21. The Balaban J connectivity index is 2.20. The zero-order valence-corrected chi connectivity index (χ0v) is 11.6. The molecule has 0 aromatic heterocycles. The second-order valence-corrected chi connectivity index (χ2v) is 4.74. The molecule has 1 aromatic carbocycles. The van der Waals surface area contributed by atoms with E-state index in [1.165, 1.54) is 0 Å². The predicted molar refractivity (Wildman–Crippen MR) is 75.5 cm³/mol. The minimum Gasteiger partial charge on any atom is -0.479 e. The van der Waals surface area contributed by atoms with Crippen molar-refractivity contribution in [2.45, 2.75) is 25.5 Å². The van der Waals surface area contributed by atoms with Crippen molar-refractivity contribution in [3.05, 3.63) is 23.8 Å². The van der Waals surface area contributed by atoms with E-state index in [2.05, 4.69) is 16.0 Å². The van der Waals surface area contributed by atoms with Gasteiger partial charge in [0, 0.05) is 6.04 Å². The van der Waals surface area contributed by atoms with Gasteiger partial charge in [0.1, 0.15) is 5.75 Å². The lowest BCUT2D eigenvalue weighted by atomic mass is 10.0. The molecule has 5 heteroatoms. The maximum atomic E-state index is 11.6. The average Bonchev–Trinajstić information content (AvgIpc) is 2.41. The normalized spacial score (nSPS) is 19.3. The van der Waals surface area contributed by atoms with Gasteiger partial charge in [-0.3, -0.25) is 4.79 Å². The van der Waals surface area contributed by atoms with E-state index in [1.54, 1.807) is 6.92 Å². The number of carbonyl (C=O) groups is 1. The summed E-state index contributed by atoms with van der Waals surface area (Å²) in [5.74, 6) is 0.639. The van der Waals surface area contributed by atoms with Gasteiger partial charge < -0.3 is 20.7 Å². The third-order valence-corrected chi connectivity index (χ3v) is 3.37. The molecule has 2 unspecified atom stereocenters. The van der Waals surface area contributed by atoms with Crippen molar-refractivity contribution >= 4 is 11.6 Å². The molecule has 19 heavy (non-hydrogen) atoms. The molecular formula is C14H21N3O2. The zero-order valence-electron chi connectivity index (χ0n) is 11.6. The highest BCUT2D eigenvalue weighted by molar-refractivity contribution is 5.97. The lowest BCUT2D eigenvalue weighted by molar-refractivity contribution is -0.122. The lowest BCUT2D eigenvalue weighted by Gasteiger charge is -2.25. The smallest absolute Gasteiger partial charge is 0.265 e. The van der Waals surface area contributed by atoms with Gasteiger partial charge >= 0.3 is 0 Å². The van der Waals surface area contributed by atoms with E-state index in [0.29, 0.717) is 0 Å². The molecule has 0 fully saturated rings. The molecule has 0 saturated carbocycles. The number of nitrogens with one attached hydrogen (secondary N) is 3. The van der Waals surface area contributed by atoms with E-state index in [9.17, 15) is 4.79 Å². The number of hydrogen-bond donors (Lipinski definition) is 3. The molecule has 1 aliphatic heterocycles. The van der Waals surface area contributed by atoms with Crippen LogP contribution in [-0.2, 0) is 4.79 Å². The molecule has 0 spiro atoms. The van der Waals surface area contributed by atoms with Crippen LogP contribution in [0.2, 0.25) is 0 Å². The molecule has 0 bridgehead atoms. The third-order valence-electron chi connectivity index (χ3n) is 3.37. The van der Waals surface area contributed by atoms with Crippen molar-refractivity contribution in [1.29, 1.82) is 0 Å². The number of ether oxygens (including phenoxy) is 1. The summed E-state index contributed by atoms with van der Waals surface area (Å²) in [5.41, 5.74) is 1.90. The highest BCUT2D eigenvalue weighted by Crippen LogP contribution is 2.32. The van der Waals surface area contributed by atoms with Crippen LogP contribution in [0.5, 0.6) is 5.75 Å². The van der Waals surface area contributed by atoms with Gasteiger partial charge in [0.2, 0.25) is 0 Å². The first kappa shape index (κ1) is 13.8. The molecule has 1 heterocycles. The van der Waals surface area contributed by atoms with Gasteiger partial charge in [0.25, 0.3) is 5.91 Å². The molecule has 1 aliphatic rings. The van der Waals surface area contributed by atoms with E-state index in [0.717, 1.165) is 30.0 Å². The Labute approximate surface area is 113 Å². The molecule has 104 valence electrons. The number of rotatable bonds is 5. The minimum absolute atomic E-state index is 0.0964. The number of amides is 1. The predicted octanol–water partition coefficient (Wildman–Crippen LogP) is 1.28. The van der Waals surface area contributed by atoms with Gasteiger partial charge in [0.05, 0.1) is 5.69 Å². The summed E-state index contributed by atoms with van der Waals surface area (Å²) in [7, 11) is 3.88. The SMILES string of the molecule is CNCCC(NC)c1ccc2c(c1)NC(=O)C(C)O2. The van der Waals surface area contributed by atoms with Gasteiger partial charge in [-0.15, -0.1) is 0 Å². The van der Waals surface area contributed by atoms with E-state index >= 15 is 0 Å². The van der Waals surface area contributed by atoms with Gasteiger partial charge in [-0.2, -0.15) is 0 Å². The molecule has 0 aliphatic carbocycles. The molecule has 0 radical (unpaired) electrons. The summed E-state index contributed by atoms with van der Waals surface area (Å²) in [6, 6.07) is 6.20. The van der Waals surface area contributed by atoms with Gasteiger partial charge in [-0.1, -0.05) is 6.07 Å². The number of hydrogen-bond acceptors (Lipinski definition) is 4. The van der Waals surface area contributed by atoms with E-state index in [4.69, 9.17) is 4.74 Å². The number of benzene rings is 1. The van der Waals surface area contributed by atoms with Gasteiger partial charge in [0.15, 0.2) is 6.10 Å². The molecule has 2 rings (SSSR count). The van der Waals surface area contributed by atoms with Gasteiger partial charge in [-0.25, -0.2) is 0 Å². The maximum absolute atomic E-state index is 11.6. The van der Waals surface area contributed by atoms with Gasteiger partial charge in [-0.05, 0) is 51.7 Å². The average molecular weight is 263 g/mol. The standard InChI is InChI=1S/C14H21N3O2/c1-9-14(18)17-12-8-10(4-5-13(12)19-9)11(16-3)6-7-15-2/h4-5,8-9,11,15-16H,6-7H2,1-3H3,(H,17,18). The second kappa shape index (κ2) is 6.04. The Bertz CT molecular complexity index is 462. The monoisotopic (exact) mass is 263 g/mol. The largest absolute Gasteiger partial charge is 0.479 e. The first-order chi connectivity index (χ1) is 9.15. The molecule has 1 amide bonds. The third kappa shape index (κ3) is 3.05. The van der Waals surface area contributed by atoms with Crippen LogP contribution in [0.1, 0.15) is 24.9 Å².